The minimum atomic E-state index is 0.0186. The molecule has 132 valence electrons. The van der Waals surface area contributed by atoms with Crippen LogP contribution in [0, 0.1) is 18.3 Å². The van der Waals surface area contributed by atoms with E-state index >= 15 is 0 Å². The number of hydrogen-bond donors (Lipinski definition) is 3. The molecule has 2 aliphatic rings. The number of nitrogens with two attached hydrogens (primary N) is 2. The number of hydrogen-bond acceptors (Lipinski definition) is 6. The van der Waals surface area contributed by atoms with Gasteiger partial charge in [0.1, 0.15) is 0 Å². The van der Waals surface area contributed by atoms with Crippen molar-refractivity contribution in [2.24, 2.45) is 11.7 Å². The second-order valence-corrected chi connectivity index (χ2v) is 6.90. The predicted molar refractivity (Wildman–Crippen MR) is 99.2 cm³/mol. The van der Waals surface area contributed by atoms with E-state index in [0.29, 0.717) is 23.5 Å². The van der Waals surface area contributed by atoms with Gasteiger partial charge in [-0.1, -0.05) is 12.8 Å². The van der Waals surface area contributed by atoms with E-state index in [1.54, 1.807) is 6.08 Å². The van der Waals surface area contributed by atoms with Crippen molar-refractivity contribution in [2.75, 3.05) is 5.73 Å². The molecule has 1 saturated carbocycles. The van der Waals surface area contributed by atoms with E-state index in [0.717, 1.165) is 29.6 Å². The van der Waals surface area contributed by atoms with E-state index in [9.17, 15) is 4.79 Å². The van der Waals surface area contributed by atoms with Crippen molar-refractivity contribution in [3.05, 3.63) is 34.3 Å². The van der Waals surface area contributed by atoms with E-state index < -0.39 is 0 Å². The Bertz CT molecular complexity index is 759. The lowest BCUT2D eigenvalue weighted by Gasteiger charge is -2.27. The van der Waals surface area contributed by atoms with Crippen molar-refractivity contribution in [1.82, 2.24) is 9.97 Å². The Labute approximate surface area is 147 Å². The van der Waals surface area contributed by atoms with Gasteiger partial charge in [0.15, 0.2) is 5.78 Å². The van der Waals surface area contributed by atoms with Gasteiger partial charge in [0.2, 0.25) is 5.95 Å². The molecule has 0 aliphatic heterocycles. The zero-order valence-corrected chi connectivity index (χ0v) is 14.6. The fourth-order valence-electron chi connectivity index (χ4n) is 4.15. The number of rotatable bonds is 3. The molecule has 1 aromatic rings. The summed E-state index contributed by atoms with van der Waals surface area (Å²) in [6.45, 7) is 1.89. The normalized spacial score (nSPS) is 24.2. The Balaban J connectivity index is 2.19. The zero-order chi connectivity index (χ0) is 18.0. The molecule has 1 heterocycles. The summed E-state index contributed by atoms with van der Waals surface area (Å²) >= 11 is 0. The van der Waals surface area contributed by atoms with Gasteiger partial charge < -0.3 is 16.9 Å². The molecule has 1 fully saturated rings. The lowest BCUT2D eigenvalue weighted by Crippen LogP contribution is -2.20. The van der Waals surface area contributed by atoms with Gasteiger partial charge in [-0.05, 0) is 38.2 Å². The molecule has 1 aromatic heterocycles. The summed E-state index contributed by atoms with van der Waals surface area (Å²) in [6, 6.07) is 0. The van der Waals surface area contributed by atoms with Gasteiger partial charge in [0.05, 0.1) is 11.4 Å². The van der Waals surface area contributed by atoms with E-state index in [1.807, 2.05) is 6.92 Å². The molecule has 6 heteroatoms. The molecule has 0 bridgehead atoms. The van der Waals surface area contributed by atoms with Crippen LogP contribution in [-0.2, 0) is 4.79 Å². The van der Waals surface area contributed by atoms with E-state index in [1.165, 1.54) is 31.9 Å². The highest BCUT2D eigenvalue weighted by Gasteiger charge is 2.32. The number of Topliss-reactive ketones (excluding diaryl/α,β-unsaturated/α-hetero) is 1. The highest BCUT2D eigenvalue weighted by molar-refractivity contribution is 6.10. The van der Waals surface area contributed by atoms with Gasteiger partial charge in [0.25, 0.3) is 0 Å². The summed E-state index contributed by atoms with van der Waals surface area (Å²) in [5.74, 6) is 1.07. The van der Waals surface area contributed by atoms with Crippen LogP contribution in [0.2, 0.25) is 0 Å². The summed E-state index contributed by atoms with van der Waals surface area (Å²) in [5.41, 5.74) is 15.0. The average molecular weight is 339 g/mol. The van der Waals surface area contributed by atoms with Crippen molar-refractivity contribution < 1.29 is 4.79 Å². The van der Waals surface area contributed by atoms with Gasteiger partial charge in [0, 0.05) is 41.5 Å². The first-order chi connectivity index (χ1) is 12.0. The summed E-state index contributed by atoms with van der Waals surface area (Å²) in [6.07, 6.45) is 10.2. The molecule has 0 saturated heterocycles. The molecule has 0 unspecified atom stereocenters. The number of aryl methyl sites for hydroxylation is 1. The number of nitrogens with zero attached hydrogens (tertiary/aromatic N) is 2. The van der Waals surface area contributed by atoms with Crippen molar-refractivity contribution in [3.8, 4) is 0 Å². The SMILES string of the molecule is Cc1nc(N)nc2c1/C=C(/C(C=N)=C/N)C(=O)CC[C@@H]2C1CCCC1. The number of allylic oxidation sites excluding steroid dienone is 2. The third-order valence-electron chi connectivity index (χ3n) is 5.42. The van der Waals surface area contributed by atoms with Crippen molar-refractivity contribution in [2.45, 2.75) is 51.4 Å². The van der Waals surface area contributed by atoms with Crippen molar-refractivity contribution >= 4 is 24.0 Å². The number of nitrogen functional groups attached to an aromatic ring is 1. The van der Waals surface area contributed by atoms with E-state index in [-0.39, 0.29) is 17.6 Å². The number of ketones is 1. The molecular formula is C19H25N5O. The third-order valence-corrected chi connectivity index (χ3v) is 5.42. The van der Waals surface area contributed by atoms with Gasteiger partial charge in [-0.15, -0.1) is 0 Å². The largest absolute Gasteiger partial charge is 0.404 e. The van der Waals surface area contributed by atoms with Crippen LogP contribution >= 0.6 is 0 Å². The predicted octanol–water partition coefficient (Wildman–Crippen LogP) is 2.88. The first-order valence-electron chi connectivity index (χ1n) is 8.86. The second-order valence-electron chi connectivity index (χ2n) is 6.90. The summed E-state index contributed by atoms with van der Waals surface area (Å²) in [7, 11) is 0. The summed E-state index contributed by atoms with van der Waals surface area (Å²) < 4.78 is 0. The molecule has 5 N–H and O–H groups in total. The minimum absolute atomic E-state index is 0.0186. The minimum Gasteiger partial charge on any atom is -0.404 e. The van der Waals surface area contributed by atoms with Crippen LogP contribution in [0.3, 0.4) is 0 Å². The summed E-state index contributed by atoms with van der Waals surface area (Å²) in [4.78, 5) is 21.6. The highest BCUT2D eigenvalue weighted by Crippen LogP contribution is 2.42. The molecular weight excluding hydrogens is 314 g/mol. The lowest BCUT2D eigenvalue weighted by atomic mass is 9.79. The molecule has 0 aromatic carbocycles. The quantitative estimate of drug-likeness (QED) is 0.732. The van der Waals surface area contributed by atoms with Crippen LogP contribution in [0.15, 0.2) is 17.3 Å². The Kier molecular flexibility index (Phi) is 4.97. The average Bonchev–Trinajstić information content (AvgIpc) is 3.10. The van der Waals surface area contributed by atoms with Crippen molar-refractivity contribution in [1.29, 1.82) is 5.41 Å². The smallest absolute Gasteiger partial charge is 0.220 e. The fourth-order valence-corrected chi connectivity index (χ4v) is 4.15. The Morgan fingerprint density at radius 2 is 2.00 bits per heavy atom. The number of nitrogens with one attached hydrogen (secondary N) is 1. The zero-order valence-electron chi connectivity index (χ0n) is 14.6. The van der Waals surface area contributed by atoms with Crippen LogP contribution in [0.5, 0.6) is 0 Å². The maximum atomic E-state index is 12.7. The third kappa shape index (κ3) is 3.34. The van der Waals surface area contributed by atoms with Gasteiger partial charge in [-0.2, -0.15) is 0 Å². The maximum Gasteiger partial charge on any atom is 0.220 e. The van der Waals surface area contributed by atoms with E-state index in [4.69, 9.17) is 16.9 Å². The number of aromatic nitrogens is 2. The van der Waals surface area contributed by atoms with Gasteiger partial charge in [-0.3, -0.25) is 4.79 Å². The molecule has 3 rings (SSSR count). The number of fused-ring (bicyclic) bond motifs is 1. The maximum absolute atomic E-state index is 12.7. The molecule has 0 radical (unpaired) electrons. The van der Waals surface area contributed by atoms with Crippen LogP contribution in [0.25, 0.3) is 6.08 Å². The molecule has 6 nitrogen and oxygen atoms in total. The van der Waals surface area contributed by atoms with Crippen molar-refractivity contribution in [3.63, 3.8) is 0 Å². The second kappa shape index (κ2) is 7.17. The first kappa shape index (κ1) is 17.3. The Morgan fingerprint density at radius 3 is 2.64 bits per heavy atom. The lowest BCUT2D eigenvalue weighted by molar-refractivity contribution is -0.115. The van der Waals surface area contributed by atoms with Gasteiger partial charge in [-0.25, -0.2) is 9.97 Å². The Hall–Kier alpha value is -2.50. The Morgan fingerprint density at radius 1 is 1.28 bits per heavy atom. The monoisotopic (exact) mass is 339 g/mol. The van der Waals surface area contributed by atoms with Gasteiger partial charge >= 0.3 is 0 Å². The molecule has 2 aliphatic carbocycles. The van der Waals surface area contributed by atoms with Crippen LogP contribution < -0.4 is 11.5 Å². The number of carbonyl (C=O) groups excluding carboxylic acids is 1. The van der Waals surface area contributed by atoms with Crippen LogP contribution in [0.4, 0.5) is 5.95 Å². The standard InChI is InChI=1S/C19H25N5O/c1-11-15-8-16(13(9-20)10-21)17(25)7-6-14(12-4-2-3-5-12)18(15)24-19(22)23-11/h8-10,12,14,20H,2-7,21H2,1H3,(H2,22,23,24)/b13-10+,16-8-,20-9?/t14-/m1/s1. The molecule has 0 amide bonds. The van der Waals surface area contributed by atoms with Crippen LogP contribution in [0.1, 0.15) is 61.4 Å². The molecule has 1 atom stereocenters. The fraction of sp³-hybridized carbons (Fsp3) is 0.474. The van der Waals surface area contributed by atoms with Crippen LogP contribution in [-0.4, -0.2) is 22.0 Å². The molecule has 25 heavy (non-hydrogen) atoms. The first-order valence-corrected chi connectivity index (χ1v) is 8.86. The van der Waals surface area contributed by atoms with E-state index in [2.05, 4.69) is 9.97 Å². The summed E-state index contributed by atoms with van der Waals surface area (Å²) in [5, 5.41) is 7.54. The number of anilines is 1. The topological polar surface area (TPSA) is 119 Å². The highest BCUT2D eigenvalue weighted by atomic mass is 16.1. The number of carbonyl (C=O) groups is 1. The molecule has 0 spiro atoms.